The van der Waals surface area contributed by atoms with Crippen molar-refractivity contribution in [1.82, 2.24) is 0 Å². The van der Waals surface area contributed by atoms with Crippen LogP contribution >= 0.6 is 68.4 Å². The maximum Gasteiger partial charge on any atom is 0.0635 e. The van der Waals surface area contributed by atoms with Crippen LogP contribution in [0.25, 0.3) is 64.7 Å². The third kappa shape index (κ3) is 5.80. The molecule has 7 rings (SSSR count). The van der Waals surface area contributed by atoms with E-state index in [1.54, 1.807) is 11.8 Å². The summed E-state index contributed by atoms with van der Waals surface area (Å²) in [5.41, 5.74) is 5.04. The molecular formula is C36H26S6. The first-order valence-corrected chi connectivity index (χ1v) is 18.5. The standard InChI is InChI=1S/C36H26S6/c1-4-29-33(37-18-17-25-11-7-23(3)8-12-25)34-30(41-29)20-27(38-34)15-16-28-21-32-36(40-28)35-31(42-32)19-26(39-35)14-13-24-9-5-22(2)6-10-24/h4-21H,1H2,2-3H3/b14-13+,16-15+,18-17+. The van der Waals surface area contributed by atoms with E-state index in [9.17, 15) is 0 Å². The second-order valence-corrected chi connectivity index (χ2v) is 16.4. The second kappa shape index (κ2) is 12.0. The minimum Gasteiger partial charge on any atom is -0.134 e. The van der Waals surface area contributed by atoms with Gasteiger partial charge in [-0.25, -0.2) is 0 Å². The summed E-state index contributed by atoms with van der Waals surface area (Å²) >= 11 is 11.2. The summed E-state index contributed by atoms with van der Waals surface area (Å²) in [5, 5.41) is 2.20. The van der Waals surface area contributed by atoms with Gasteiger partial charge in [0.05, 0.1) is 14.1 Å². The zero-order valence-corrected chi connectivity index (χ0v) is 27.9. The molecule has 6 heteroatoms. The zero-order chi connectivity index (χ0) is 28.6. The Morgan fingerprint density at radius 2 is 1.02 bits per heavy atom. The van der Waals surface area contributed by atoms with Gasteiger partial charge in [0.25, 0.3) is 0 Å². The lowest BCUT2D eigenvalue weighted by molar-refractivity contribution is 1.46. The Labute approximate surface area is 270 Å². The summed E-state index contributed by atoms with van der Waals surface area (Å²) in [4.78, 5) is 6.46. The zero-order valence-electron chi connectivity index (χ0n) is 23.0. The van der Waals surface area contributed by atoms with Crippen LogP contribution in [0, 0.1) is 13.8 Å². The Hall–Kier alpha value is -2.97. The van der Waals surface area contributed by atoms with Crippen molar-refractivity contribution in [2.45, 2.75) is 18.7 Å². The summed E-state index contributed by atoms with van der Waals surface area (Å²) in [6, 6.07) is 24.3. The van der Waals surface area contributed by atoms with E-state index in [1.807, 2.05) is 62.8 Å². The van der Waals surface area contributed by atoms with Crippen molar-refractivity contribution in [2.24, 2.45) is 0 Å². The smallest absolute Gasteiger partial charge is 0.0635 e. The summed E-state index contributed by atoms with van der Waals surface area (Å²) in [5.74, 6) is 0. The first-order chi connectivity index (χ1) is 20.5. The van der Waals surface area contributed by atoms with Gasteiger partial charge < -0.3 is 0 Å². The molecule has 0 N–H and O–H groups in total. The van der Waals surface area contributed by atoms with Crippen molar-refractivity contribution < 1.29 is 0 Å². The first kappa shape index (κ1) is 27.8. The molecule has 0 aliphatic carbocycles. The van der Waals surface area contributed by atoms with Gasteiger partial charge in [-0.15, -0.1) is 56.7 Å². The average molecular weight is 651 g/mol. The van der Waals surface area contributed by atoms with E-state index in [0.717, 1.165) is 0 Å². The van der Waals surface area contributed by atoms with Gasteiger partial charge >= 0.3 is 0 Å². The molecule has 5 heterocycles. The molecule has 0 amide bonds. The van der Waals surface area contributed by atoms with Crippen molar-refractivity contribution in [3.8, 4) is 0 Å². The van der Waals surface area contributed by atoms with Crippen LogP contribution in [-0.4, -0.2) is 0 Å². The highest BCUT2D eigenvalue weighted by Crippen LogP contribution is 2.46. The number of hydrogen-bond acceptors (Lipinski definition) is 6. The molecule has 2 aromatic carbocycles. The highest BCUT2D eigenvalue weighted by molar-refractivity contribution is 8.02. The summed E-state index contributed by atoms with van der Waals surface area (Å²) in [7, 11) is 0. The molecule has 0 aliphatic rings. The number of benzene rings is 2. The van der Waals surface area contributed by atoms with Crippen LogP contribution < -0.4 is 0 Å². The molecule has 7 aromatic rings. The molecule has 42 heavy (non-hydrogen) atoms. The van der Waals surface area contributed by atoms with Crippen LogP contribution in [-0.2, 0) is 0 Å². The van der Waals surface area contributed by atoms with Gasteiger partial charge in [-0.05, 0) is 72.9 Å². The summed E-state index contributed by atoms with van der Waals surface area (Å²) < 4.78 is 8.29. The Bertz CT molecular complexity index is 2130. The van der Waals surface area contributed by atoms with E-state index in [2.05, 4.69) is 123 Å². The minimum absolute atomic E-state index is 1.22. The van der Waals surface area contributed by atoms with Crippen molar-refractivity contribution >= 4 is 133 Å². The fourth-order valence-electron chi connectivity index (χ4n) is 4.65. The lowest BCUT2D eigenvalue weighted by atomic mass is 10.1. The molecule has 0 spiro atoms. The van der Waals surface area contributed by atoms with Gasteiger partial charge in [0.15, 0.2) is 0 Å². The van der Waals surface area contributed by atoms with Crippen LogP contribution in [0.5, 0.6) is 0 Å². The van der Waals surface area contributed by atoms with Gasteiger partial charge in [-0.1, -0.05) is 90.2 Å². The largest absolute Gasteiger partial charge is 0.134 e. The van der Waals surface area contributed by atoms with Gasteiger partial charge in [0.1, 0.15) is 0 Å². The maximum absolute atomic E-state index is 4.07. The maximum atomic E-state index is 4.07. The van der Waals surface area contributed by atoms with Crippen molar-refractivity contribution in [3.63, 3.8) is 0 Å². The van der Waals surface area contributed by atoms with Crippen LogP contribution in [0.2, 0.25) is 0 Å². The Morgan fingerprint density at radius 1 is 0.548 bits per heavy atom. The third-order valence-electron chi connectivity index (χ3n) is 6.87. The lowest BCUT2D eigenvalue weighted by Gasteiger charge is -1.97. The van der Waals surface area contributed by atoms with Gasteiger partial charge in [-0.3, -0.25) is 0 Å². The van der Waals surface area contributed by atoms with E-state index < -0.39 is 0 Å². The molecule has 0 unspecified atom stereocenters. The molecule has 0 saturated heterocycles. The number of thiophene rings is 5. The Balaban J connectivity index is 1.10. The molecule has 0 nitrogen and oxygen atoms in total. The topological polar surface area (TPSA) is 0 Å². The first-order valence-electron chi connectivity index (χ1n) is 13.5. The molecule has 206 valence electrons. The monoisotopic (exact) mass is 650 g/mol. The quantitative estimate of drug-likeness (QED) is 0.148. The molecular weight excluding hydrogens is 625 g/mol. The van der Waals surface area contributed by atoms with Gasteiger partial charge in [-0.2, -0.15) is 0 Å². The van der Waals surface area contributed by atoms with E-state index in [4.69, 9.17) is 0 Å². The van der Waals surface area contributed by atoms with Crippen LogP contribution in [0.1, 0.15) is 41.8 Å². The molecule has 0 aliphatic heterocycles. The predicted molar refractivity (Wildman–Crippen MR) is 200 cm³/mol. The fourth-order valence-corrected chi connectivity index (χ4v) is 12.1. The highest BCUT2D eigenvalue weighted by atomic mass is 32.2. The number of aryl methyl sites for hydroxylation is 2. The normalized spacial score (nSPS) is 12.4. The molecule has 5 aromatic heterocycles. The molecule has 0 atom stereocenters. The molecule has 0 saturated carbocycles. The third-order valence-corrected chi connectivity index (χ3v) is 14.1. The van der Waals surface area contributed by atoms with E-state index in [0.29, 0.717) is 0 Å². The fraction of sp³-hybridized carbons (Fsp3) is 0.0556. The summed E-state index contributed by atoms with van der Waals surface area (Å²) in [6.07, 6.45) is 13.2. The second-order valence-electron chi connectivity index (χ2n) is 10.0. The predicted octanol–water partition coefficient (Wildman–Crippen LogP) is 13.8. The van der Waals surface area contributed by atoms with Crippen LogP contribution in [0.4, 0.5) is 0 Å². The van der Waals surface area contributed by atoms with Crippen molar-refractivity contribution in [1.29, 1.82) is 0 Å². The molecule has 0 fully saturated rings. The number of thioether (sulfide) groups is 1. The van der Waals surface area contributed by atoms with Gasteiger partial charge in [0.2, 0.25) is 0 Å². The van der Waals surface area contributed by atoms with Crippen molar-refractivity contribution in [2.75, 3.05) is 0 Å². The van der Waals surface area contributed by atoms with E-state index in [1.165, 1.54) is 74.9 Å². The Kier molecular flexibility index (Phi) is 7.93. The number of rotatable bonds is 8. The van der Waals surface area contributed by atoms with E-state index >= 15 is 0 Å². The van der Waals surface area contributed by atoms with Crippen LogP contribution in [0.15, 0.2) is 83.6 Å². The number of hydrogen-bond donors (Lipinski definition) is 0. The van der Waals surface area contributed by atoms with Crippen LogP contribution in [0.3, 0.4) is 0 Å². The molecule has 0 bridgehead atoms. The SMILES string of the molecule is C=Cc1sc2cc(/C=C/c3cc4sc5cc(/C=C/c6ccc(C)cc6)sc5c4s3)sc2c1S/C=C/c1ccc(C)cc1. The molecule has 0 radical (unpaired) electrons. The average Bonchev–Trinajstić information content (AvgIpc) is 3.78. The highest BCUT2D eigenvalue weighted by Gasteiger charge is 2.14. The lowest BCUT2D eigenvalue weighted by Crippen LogP contribution is -1.73. The van der Waals surface area contributed by atoms with Crippen molar-refractivity contribution in [3.05, 3.63) is 120 Å². The summed E-state index contributed by atoms with van der Waals surface area (Å²) in [6.45, 7) is 8.32. The van der Waals surface area contributed by atoms with E-state index in [-0.39, 0.29) is 0 Å². The van der Waals surface area contributed by atoms with Gasteiger partial charge in [0, 0.05) is 38.5 Å². The number of fused-ring (bicyclic) bond motifs is 4. The Morgan fingerprint density at radius 3 is 1.57 bits per heavy atom. The minimum atomic E-state index is 1.22.